The minimum atomic E-state index is 0.0254. The third-order valence-corrected chi connectivity index (χ3v) is 3.32. The van der Waals surface area contributed by atoms with E-state index < -0.39 is 0 Å². The quantitative estimate of drug-likeness (QED) is 0.825. The fraction of sp³-hybridized carbons (Fsp3) is 0.562. The van der Waals surface area contributed by atoms with Crippen LogP contribution in [0.25, 0.3) is 0 Å². The van der Waals surface area contributed by atoms with Crippen LogP contribution in [0.2, 0.25) is 0 Å². The van der Waals surface area contributed by atoms with Crippen LogP contribution in [-0.4, -0.2) is 11.9 Å². The molecule has 1 aromatic rings. The lowest BCUT2D eigenvalue weighted by Gasteiger charge is -2.16. The predicted octanol–water partition coefficient (Wildman–Crippen LogP) is 3.42. The van der Waals surface area contributed by atoms with Gasteiger partial charge in [0.1, 0.15) is 0 Å². The van der Waals surface area contributed by atoms with Gasteiger partial charge in [-0.05, 0) is 23.6 Å². The number of benzene rings is 1. The molecule has 0 aliphatic heterocycles. The van der Waals surface area contributed by atoms with E-state index in [1.807, 2.05) is 25.1 Å². The number of nitrogens with one attached hydrogen (secondary N) is 2. The van der Waals surface area contributed by atoms with Gasteiger partial charge in [-0.25, -0.2) is 0 Å². The van der Waals surface area contributed by atoms with Gasteiger partial charge in [0, 0.05) is 24.2 Å². The highest BCUT2D eigenvalue weighted by molar-refractivity contribution is 5.92. The van der Waals surface area contributed by atoms with Gasteiger partial charge in [0.15, 0.2) is 0 Å². The Morgan fingerprint density at radius 2 is 1.84 bits per heavy atom. The standard InChI is InChI=1S/C16H26N2O/c1-11(2)13(5)16(19)18-15-8-6-7-14(9-15)10-17-12(3)4/h6-9,11-13,17H,10H2,1-5H3,(H,18,19). The lowest BCUT2D eigenvalue weighted by Crippen LogP contribution is -2.24. The normalized spacial score (nSPS) is 12.8. The van der Waals surface area contributed by atoms with Crippen LogP contribution in [0.4, 0.5) is 5.69 Å². The molecule has 106 valence electrons. The summed E-state index contributed by atoms with van der Waals surface area (Å²) in [5.41, 5.74) is 2.06. The number of rotatable bonds is 6. The fourth-order valence-corrected chi connectivity index (χ4v) is 1.64. The van der Waals surface area contributed by atoms with Crippen LogP contribution in [0, 0.1) is 11.8 Å². The van der Waals surface area contributed by atoms with Gasteiger partial charge in [-0.2, -0.15) is 0 Å². The van der Waals surface area contributed by atoms with Crippen LogP contribution in [0.1, 0.15) is 40.2 Å². The number of hydrogen-bond donors (Lipinski definition) is 2. The Bertz CT molecular complexity index is 413. The highest BCUT2D eigenvalue weighted by Gasteiger charge is 2.16. The summed E-state index contributed by atoms with van der Waals surface area (Å²) in [4.78, 5) is 12.0. The smallest absolute Gasteiger partial charge is 0.227 e. The molecule has 0 bridgehead atoms. The number of amides is 1. The second-order valence-corrected chi connectivity index (χ2v) is 5.76. The van der Waals surface area contributed by atoms with Gasteiger partial charge in [-0.15, -0.1) is 0 Å². The molecule has 0 saturated heterocycles. The van der Waals surface area contributed by atoms with Crippen LogP contribution < -0.4 is 10.6 Å². The number of anilines is 1. The molecular weight excluding hydrogens is 236 g/mol. The van der Waals surface area contributed by atoms with Gasteiger partial charge in [0.05, 0.1) is 0 Å². The Kier molecular flexibility index (Phi) is 6.03. The third kappa shape index (κ3) is 5.43. The Morgan fingerprint density at radius 1 is 1.16 bits per heavy atom. The topological polar surface area (TPSA) is 41.1 Å². The van der Waals surface area contributed by atoms with E-state index in [-0.39, 0.29) is 11.8 Å². The first-order valence-corrected chi connectivity index (χ1v) is 7.03. The molecule has 0 aliphatic carbocycles. The van der Waals surface area contributed by atoms with E-state index in [2.05, 4.69) is 44.4 Å². The molecule has 1 atom stereocenters. The van der Waals surface area contributed by atoms with E-state index in [0.29, 0.717) is 12.0 Å². The van der Waals surface area contributed by atoms with E-state index in [1.54, 1.807) is 0 Å². The molecule has 3 nitrogen and oxygen atoms in total. The molecule has 1 rings (SSSR count). The van der Waals surface area contributed by atoms with E-state index in [4.69, 9.17) is 0 Å². The summed E-state index contributed by atoms with van der Waals surface area (Å²) in [7, 11) is 0. The van der Waals surface area contributed by atoms with E-state index in [1.165, 1.54) is 5.56 Å². The lowest BCUT2D eigenvalue weighted by molar-refractivity contribution is -0.120. The molecule has 2 N–H and O–H groups in total. The number of carbonyl (C=O) groups is 1. The molecule has 1 amide bonds. The summed E-state index contributed by atoms with van der Waals surface area (Å²) >= 11 is 0. The zero-order chi connectivity index (χ0) is 14.4. The van der Waals surface area contributed by atoms with Crippen molar-refractivity contribution in [3.05, 3.63) is 29.8 Å². The van der Waals surface area contributed by atoms with Gasteiger partial charge in [-0.3, -0.25) is 4.79 Å². The molecule has 0 aliphatic rings. The van der Waals surface area contributed by atoms with Crippen molar-refractivity contribution in [2.24, 2.45) is 11.8 Å². The van der Waals surface area contributed by atoms with Crippen molar-refractivity contribution in [3.8, 4) is 0 Å². The average molecular weight is 262 g/mol. The molecule has 0 heterocycles. The zero-order valence-electron chi connectivity index (χ0n) is 12.7. The Labute approximate surface area is 116 Å². The maximum Gasteiger partial charge on any atom is 0.227 e. The Hall–Kier alpha value is -1.35. The van der Waals surface area contributed by atoms with Crippen LogP contribution in [-0.2, 0) is 11.3 Å². The van der Waals surface area contributed by atoms with Crippen molar-refractivity contribution >= 4 is 11.6 Å². The minimum absolute atomic E-state index is 0.0254. The highest BCUT2D eigenvalue weighted by Crippen LogP contribution is 2.15. The third-order valence-electron chi connectivity index (χ3n) is 3.32. The van der Waals surface area contributed by atoms with Gasteiger partial charge in [0.25, 0.3) is 0 Å². The van der Waals surface area contributed by atoms with E-state index in [0.717, 1.165) is 12.2 Å². The maximum atomic E-state index is 12.0. The summed E-state index contributed by atoms with van der Waals surface area (Å²) in [5, 5.41) is 6.35. The second-order valence-electron chi connectivity index (χ2n) is 5.76. The van der Waals surface area contributed by atoms with Crippen LogP contribution in [0.5, 0.6) is 0 Å². The molecule has 0 spiro atoms. The molecule has 0 radical (unpaired) electrons. The summed E-state index contributed by atoms with van der Waals surface area (Å²) in [5.74, 6) is 0.465. The number of hydrogen-bond acceptors (Lipinski definition) is 2. The van der Waals surface area contributed by atoms with Crippen LogP contribution in [0.15, 0.2) is 24.3 Å². The molecule has 1 aromatic carbocycles. The van der Waals surface area contributed by atoms with Gasteiger partial charge >= 0.3 is 0 Å². The van der Waals surface area contributed by atoms with Crippen molar-refractivity contribution in [1.82, 2.24) is 5.32 Å². The van der Waals surface area contributed by atoms with E-state index in [9.17, 15) is 4.79 Å². The SMILES string of the molecule is CC(C)NCc1cccc(NC(=O)C(C)C(C)C)c1. The monoisotopic (exact) mass is 262 g/mol. The predicted molar refractivity (Wildman–Crippen MR) is 81.0 cm³/mol. The largest absolute Gasteiger partial charge is 0.326 e. The van der Waals surface area contributed by atoms with E-state index >= 15 is 0 Å². The van der Waals surface area contributed by atoms with Crippen LogP contribution in [0.3, 0.4) is 0 Å². The molecule has 0 saturated carbocycles. The minimum Gasteiger partial charge on any atom is -0.326 e. The van der Waals surface area contributed by atoms with Crippen LogP contribution >= 0.6 is 0 Å². The molecule has 0 aromatic heterocycles. The zero-order valence-corrected chi connectivity index (χ0v) is 12.7. The van der Waals surface area contributed by atoms with Gasteiger partial charge in [0.2, 0.25) is 5.91 Å². The highest BCUT2D eigenvalue weighted by atomic mass is 16.1. The molecule has 19 heavy (non-hydrogen) atoms. The summed E-state index contributed by atoms with van der Waals surface area (Å²) in [6.07, 6.45) is 0. The lowest BCUT2D eigenvalue weighted by atomic mass is 9.97. The van der Waals surface area contributed by atoms with Crippen molar-refractivity contribution in [1.29, 1.82) is 0 Å². The first-order chi connectivity index (χ1) is 8.90. The van der Waals surface area contributed by atoms with Crippen molar-refractivity contribution < 1.29 is 4.79 Å². The second kappa shape index (κ2) is 7.29. The van der Waals surface area contributed by atoms with Crippen molar-refractivity contribution in [2.45, 2.75) is 47.2 Å². The van der Waals surface area contributed by atoms with Gasteiger partial charge in [-0.1, -0.05) is 46.8 Å². The van der Waals surface area contributed by atoms with Crippen molar-refractivity contribution in [3.63, 3.8) is 0 Å². The molecule has 0 fully saturated rings. The number of carbonyl (C=O) groups excluding carboxylic acids is 1. The first kappa shape index (κ1) is 15.7. The average Bonchev–Trinajstić information content (AvgIpc) is 2.35. The summed E-state index contributed by atoms with van der Waals surface area (Å²) in [6.45, 7) is 11.2. The molecule has 1 unspecified atom stereocenters. The molecular formula is C16H26N2O. The van der Waals surface area contributed by atoms with Gasteiger partial charge < -0.3 is 10.6 Å². The molecule has 3 heteroatoms. The Balaban J connectivity index is 2.64. The fourth-order valence-electron chi connectivity index (χ4n) is 1.64. The Morgan fingerprint density at radius 3 is 2.42 bits per heavy atom. The first-order valence-electron chi connectivity index (χ1n) is 7.03. The summed E-state index contributed by atoms with van der Waals surface area (Å²) < 4.78 is 0. The summed E-state index contributed by atoms with van der Waals surface area (Å²) in [6, 6.07) is 8.47. The van der Waals surface area contributed by atoms with Crippen molar-refractivity contribution in [2.75, 3.05) is 5.32 Å². The maximum absolute atomic E-state index is 12.0.